The molecule has 0 aliphatic heterocycles. The predicted octanol–water partition coefficient (Wildman–Crippen LogP) is 3.53. The molecule has 4 heteroatoms. The van der Waals surface area contributed by atoms with Crippen molar-refractivity contribution in [2.75, 3.05) is 6.61 Å². The van der Waals surface area contributed by atoms with Crippen molar-refractivity contribution in [1.29, 1.82) is 0 Å². The Bertz CT molecular complexity index is 110. The second kappa shape index (κ2) is 12.9. The van der Waals surface area contributed by atoms with Crippen LogP contribution in [0.4, 0.5) is 0 Å². The van der Waals surface area contributed by atoms with Crippen molar-refractivity contribution in [2.24, 2.45) is 11.8 Å². The smallest absolute Gasteiger partial charge is 0.216 e. The van der Waals surface area contributed by atoms with Crippen LogP contribution in [0.2, 0.25) is 0 Å². The van der Waals surface area contributed by atoms with Crippen LogP contribution < -0.4 is 0 Å². The summed E-state index contributed by atoms with van der Waals surface area (Å²) in [5.74, 6) is 1.70. The number of ether oxygens (including phenoxy) is 1. The molecule has 0 rings (SSSR count). The number of rotatable bonds is 2. The van der Waals surface area contributed by atoms with Gasteiger partial charge < -0.3 is 4.74 Å². The van der Waals surface area contributed by atoms with Crippen LogP contribution >= 0.6 is 24.8 Å². The zero-order chi connectivity index (χ0) is 10.1. The van der Waals surface area contributed by atoms with E-state index < -0.39 is 0 Å². The van der Waals surface area contributed by atoms with E-state index in [1.165, 1.54) is 0 Å². The summed E-state index contributed by atoms with van der Waals surface area (Å²) < 4.78 is 4.95. The van der Waals surface area contributed by atoms with Gasteiger partial charge in [0.15, 0.2) is 0 Å². The van der Waals surface area contributed by atoms with Crippen LogP contribution in [0.25, 0.3) is 0 Å². The van der Waals surface area contributed by atoms with Gasteiger partial charge in [-0.15, -0.1) is 0 Å². The summed E-state index contributed by atoms with van der Waals surface area (Å²) in [6, 6.07) is 0. The quantitative estimate of drug-likeness (QED) is 0.468. The van der Waals surface area contributed by atoms with E-state index >= 15 is 0 Å². The molecule has 0 bridgehead atoms. The SMILES string of the molecule is CC(C)C(C)C.CCOC(=S)S.[Zn]. The molecule has 0 atom stereocenters. The molecule has 76 valence electrons. The molecule has 1 nitrogen and oxygen atoms in total. The predicted molar refractivity (Wildman–Crippen MR) is 62.9 cm³/mol. The average Bonchev–Trinajstić information content (AvgIpc) is 1.87. The molecular weight excluding hydrogens is 254 g/mol. The maximum Gasteiger partial charge on any atom is 0.216 e. The number of thiocarbonyl (C=S) groups is 1. The first kappa shape index (κ1) is 19.4. The van der Waals surface area contributed by atoms with Gasteiger partial charge in [0.05, 0.1) is 6.61 Å². The summed E-state index contributed by atoms with van der Waals surface area (Å²) in [4.78, 5) is 0. The molecule has 0 radical (unpaired) electrons. The van der Waals surface area contributed by atoms with Crippen molar-refractivity contribution in [3.05, 3.63) is 0 Å². The maximum atomic E-state index is 4.64. The van der Waals surface area contributed by atoms with Crippen molar-refractivity contribution in [3.8, 4) is 0 Å². The molecule has 0 spiro atoms. The third kappa shape index (κ3) is 24.6. The second-order valence-electron chi connectivity index (χ2n) is 3.19. The van der Waals surface area contributed by atoms with Crippen molar-refractivity contribution in [2.45, 2.75) is 34.6 Å². The van der Waals surface area contributed by atoms with Crippen LogP contribution in [0.15, 0.2) is 0 Å². The Morgan fingerprint density at radius 3 is 1.54 bits per heavy atom. The molecule has 0 saturated heterocycles. The van der Waals surface area contributed by atoms with E-state index in [9.17, 15) is 0 Å². The van der Waals surface area contributed by atoms with Crippen LogP contribution in [0.3, 0.4) is 0 Å². The normalized spacial score (nSPS) is 8.62. The van der Waals surface area contributed by atoms with Crippen LogP contribution in [0, 0.1) is 11.8 Å². The summed E-state index contributed by atoms with van der Waals surface area (Å²) in [6.45, 7) is 11.4. The van der Waals surface area contributed by atoms with Gasteiger partial charge in [0, 0.05) is 19.5 Å². The molecule has 0 amide bonds. The second-order valence-corrected chi connectivity index (χ2v) is 4.27. The van der Waals surface area contributed by atoms with Gasteiger partial charge in [-0.1, -0.05) is 40.3 Å². The maximum absolute atomic E-state index is 4.64. The van der Waals surface area contributed by atoms with Gasteiger partial charge in [0.1, 0.15) is 0 Å². The molecular formula is C9H20OS2Zn. The molecule has 0 heterocycles. The molecule has 0 aromatic carbocycles. The van der Waals surface area contributed by atoms with Gasteiger partial charge in [-0.3, -0.25) is 0 Å². The summed E-state index contributed by atoms with van der Waals surface area (Å²) >= 11 is 8.12. The molecule has 0 N–H and O–H groups in total. The number of hydrogen-bond donors (Lipinski definition) is 1. The third-order valence-corrected chi connectivity index (χ3v) is 1.85. The topological polar surface area (TPSA) is 9.23 Å². The van der Waals surface area contributed by atoms with E-state index in [4.69, 9.17) is 0 Å². The first-order valence-corrected chi connectivity index (χ1v) is 5.13. The van der Waals surface area contributed by atoms with Gasteiger partial charge in [-0.25, -0.2) is 0 Å². The van der Waals surface area contributed by atoms with Gasteiger partial charge in [0.2, 0.25) is 4.38 Å². The minimum absolute atomic E-state index is 0. The minimum Gasteiger partial charge on any atom is -0.479 e. The Kier molecular flexibility index (Phi) is 19.2. The van der Waals surface area contributed by atoms with E-state index in [0.717, 1.165) is 11.8 Å². The number of thiol groups is 1. The Morgan fingerprint density at radius 1 is 1.23 bits per heavy atom. The molecule has 0 aromatic heterocycles. The first-order chi connectivity index (χ1) is 5.41. The van der Waals surface area contributed by atoms with Crippen LogP contribution in [0.5, 0.6) is 0 Å². The molecule has 0 aliphatic rings. The van der Waals surface area contributed by atoms with Crippen molar-refractivity contribution >= 4 is 29.2 Å². The van der Waals surface area contributed by atoms with E-state index in [2.05, 4.69) is 57.3 Å². The Morgan fingerprint density at radius 2 is 1.54 bits per heavy atom. The summed E-state index contributed by atoms with van der Waals surface area (Å²) in [6.07, 6.45) is 0. The molecule has 0 aromatic rings. The zero-order valence-corrected chi connectivity index (χ0v) is 14.0. The van der Waals surface area contributed by atoms with E-state index in [1.807, 2.05) is 6.92 Å². The standard InChI is InChI=1S/C6H14.C3H6OS2.Zn/c1-5(2)6(3)4;1-2-4-3(5)6;/h5-6H,1-4H3;2H2,1H3,(H,5,6);. The average molecular weight is 274 g/mol. The molecule has 0 saturated carbocycles. The first-order valence-electron chi connectivity index (χ1n) is 4.27. The summed E-state index contributed by atoms with van der Waals surface area (Å²) in [7, 11) is 0. The van der Waals surface area contributed by atoms with E-state index in [1.54, 1.807) is 0 Å². The monoisotopic (exact) mass is 272 g/mol. The van der Waals surface area contributed by atoms with Crippen LogP contribution in [-0.4, -0.2) is 11.0 Å². The Hall–Kier alpha value is 0.863. The van der Waals surface area contributed by atoms with Gasteiger partial charge in [-0.05, 0) is 31.0 Å². The van der Waals surface area contributed by atoms with Gasteiger partial charge in [0.25, 0.3) is 0 Å². The van der Waals surface area contributed by atoms with Crippen molar-refractivity contribution in [3.63, 3.8) is 0 Å². The molecule has 0 aliphatic carbocycles. The van der Waals surface area contributed by atoms with Crippen molar-refractivity contribution in [1.82, 2.24) is 0 Å². The van der Waals surface area contributed by atoms with Crippen molar-refractivity contribution < 1.29 is 24.2 Å². The van der Waals surface area contributed by atoms with Gasteiger partial charge >= 0.3 is 0 Å². The fraction of sp³-hybridized carbons (Fsp3) is 0.889. The Balaban J connectivity index is -0.000000143. The fourth-order valence-electron chi connectivity index (χ4n) is 0.123. The van der Waals surface area contributed by atoms with E-state index in [-0.39, 0.29) is 19.5 Å². The minimum atomic E-state index is 0. The third-order valence-electron chi connectivity index (χ3n) is 1.60. The Labute approximate surface area is 106 Å². The number of hydrogen-bond acceptors (Lipinski definition) is 2. The van der Waals surface area contributed by atoms with Crippen LogP contribution in [0.1, 0.15) is 34.6 Å². The van der Waals surface area contributed by atoms with Gasteiger partial charge in [-0.2, -0.15) is 0 Å². The summed E-state index contributed by atoms with van der Waals surface area (Å²) in [5, 5.41) is 0. The largest absolute Gasteiger partial charge is 0.479 e. The van der Waals surface area contributed by atoms with E-state index in [0.29, 0.717) is 11.0 Å². The molecule has 13 heavy (non-hydrogen) atoms. The zero-order valence-electron chi connectivity index (χ0n) is 9.33. The summed E-state index contributed by atoms with van der Waals surface area (Å²) in [5.41, 5.74) is 0. The molecule has 0 unspecified atom stereocenters. The fourth-order valence-corrected chi connectivity index (χ4v) is 0.370. The molecule has 0 fully saturated rings. The van der Waals surface area contributed by atoms with Crippen LogP contribution in [-0.2, 0) is 24.2 Å².